The summed E-state index contributed by atoms with van der Waals surface area (Å²) in [5.74, 6) is -0.991. The van der Waals surface area contributed by atoms with E-state index in [2.05, 4.69) is 0 Å². The van der Waals surface area contributed by atoms with Crippen LogP contribution < -0.4 is 5.73 Å². The zero-order chi connectivity index (χ0) is 24.5. The summed E-state index contributed by atoms with van der Waals surface area (Å²) in [4.78, 5) is 15.1. The van der Waals surface area contributed by atoms with Gasteiger partial charge < -0.3 is 10.6 Å². The number of hydrogen-bond donors (Lipinski definition) is 1. The number of rotatable bonds is 5. The lowest BCUT2D eigenvalue weighted by Gasteiger charge is -2.39. The SMILES string of the molecule is CC(N)c1cccc(S(=O)(=O)N2C[C@H](C(=O)N3CCS(=O)(=O)CC3)C[C@@H](c3ccccc3)C2)c1. The molecule has 34 heavy (non-hydrogen) atoms. The van der Waals surface area contributed by atoms with Gasteiger partial charge in [0.05, 0.1) is 22.3 Å². The van der Waals surface area contributed by atoms with Gasteiger partial charge in [-0.1, -0.05) is 42.5 Å². The third kappa shape index (κ3) is 5.35. The molecule has 2 N–H and O–H groups in total. The number of piperidine rings is 1. The van der Waals surface area contributed by atoms with E-state index in [1.54, 1.807) is 36.1 Å². The van der Waals surface area contributed by atoms with E-state index in [0.29, 0.717) is 6.42 Å². The number of hydrogen-bond acceptors (Lipinski definition) is 6. The van der Waals surface area contributed by atoms with Crippen molar-refractivity contribution in [3.8, 4) is 0 Å². The first-order valence-corrected chi connectivity index (χ1v) is 14.7. The van der Waals surface area contributed by atoms with Gasteiger partial charge in [-0.05, 0) is 42.5 Å². The first-order valence-electron chi connectivity index (χ1n) is 11.5. The van der Waals surface area contributed by atoms with Gasteiger partial charge in [0.1, 0.15) is 0 Å². The van der Waals surface area contributed by atoms with E-state index in [-0.39, 0.29) is 60.4 Å². The topological polar surface area (TPSA) is 118 Å². The van der Waals surface area contributed by atoms with E-state index in [1.807, 2.05) is 30.3 Å². The average Bonchev–Trinajstić information content (AvgIpc) is 2.84. The molecule has 2 aromatic rings. The third-order valence-electron chi connectivity index (χ3n) is 6.72. The molecule has 2 aliphatic heterocycles. The molecule has 2 aromatic carbocycles. The van der Waals surface area contributed by atoms with Gasteiger partial charge in [0.25, 0.3) is 0 Å². The number of benzene rings is 2. The van der Waals surface area contributed by atoms with Gasteiger partial charge in [0.15, 0.2) is 9.84 Å². The molecule has 10 heteroatoms. The van der Waals surface area contributed by atoms with Gasteiger partial charge in [-0.25, -0.2) is 16.8 Å². The minimum atomic E-state index is -3.86. The van der Waals surface area contributed by atoms with Gasteiger partial charge >= 0.3 is 0 Å². The Morgan fingerprint density at radius 2 is 1.71 bits per heavy atom. The molecule has 8 nitrogen and oxygen atoms in total. The summed E-state index contributed by atoms with van der Waals surface area (Å²) in [6.45, 7) is 2.43. The average molecular weight is 506 g/mol. The van der Waals surface area contributed by atoms with Crippen LogP contribution in [0.5, 0.6) is 0 Å². The van der Waals surface area contributed by atoms with E-state index in [1.165, 1.54) is 4.31 Å². The molecule has 2 aliphatic rings. The highest BCUT2D eigenvalue weighted by Gasteiger charge is 2.40. The number of sulfonamides is 1. The molecule has 2 fully saturated rings. The summed E-state index contributed by atoms with van der Waals surface area (Å²) < 4.78 is 52.3. The molecular weight excluding hydrogens is 474 g/mol. The summed E-state index contributed by atoms with van der Waals surface area (Å²) >= 11 is 0. The van der Waals surface area contributed by atoms with Crippen LogP contribution in [0.2, 0.25) is 0 Å². The Morgan fingerprint density at radius 1 is 1.03 bits per heavy atom. The lowest BCUT2D eigenvalue weighted by molar-refractivity contribution is -0.136. The van der Waals surface area contributed by atoms with Crippen LogP contribution in [0.25, 0.3) is 0 Å². The minimum Gasteiger partial charge on any atom is -0.340 e. The van der Waals surface area contributed by atoms with E-state index in [4.69, 9.17) is 5.73 Å². The second-order valence-corrected chi connectivity index (χ2v) is 13.4. The maximum Gasteiger partial charge on any atom is 0.243 e. The van der Waals surface area contributed by atoms with Crippen LogP contribution in [-0.4, -0.2) is 69.6 Å². The number of nitrogens with two attached hydrogens (primary N) is 1. The van der Waals surface area contributed by atoms with Gasteiger partial charge in [0, 0.05) is 32.2 Å². The minimum absolute atomic E-state index is 0.0559. The van der Waals surface area contributed by atoms with Crippen molar-refractivity contribution in [1.82, 2.24) is 9.21 Å². The molecule has 0 aliphatic carbocycles. The monoisotopic (exact) mass is 505 g/mol. The third-order valence-corrected chi connectivity index (χ3v) is 10.2. The Morgan fingerprint density at radius 3 is 2.35 bits per heavy atom. The van der Waals surface area contributed by atoms with Crippen LogP contribution >= 0.6 is 0 Å². The van der Waals surface area contributed by atoms with Crippen LogP contribution in [0.1, 0.15) is 36.4 Å². The van der Waals surface area contributed by atoms with E-state index in [0.717, 1.165) is 11.1 Å². The van der Waals surface area contributed by atoms with Crippen molar-refractivity contribution >= 4 is 25.8 Å². The van der Waals surface area contributed by atoms with Crippen molar-refractivity contribution in [1.29, 1.82) is 0 Å². The van der Waals surface area contributed by atoms with E-state index in [9.17, 15) is 21.6 Å². The quantitative estimate of drug-likeness (QED) is 0.662. The lowest BCUT2D eigenvalue weighted by Crippen LogP contribution is -2.52. The summed E-state index contributed by atoms with van der Waals surface area (Å²) in [5, 5.41) is 0. The summed E-state index contributed by atoms with van der Waals surface area (Å²) in [5.41, 5.74) is 7.66. The highest BCUT2D eigenvalue weighted by molar-refractivity contribution is 7.91. The molecule has 0 bridgehead atoms. The van der Waals surface area contributed by atoms with Crippen LogP contribution in [0.3, 0.4) is 0 Å². The number of nitrogens with zero attached hydrogens (tertiary/aromatic N) is 2. The Labute approximate surface area is 201 Å². The summed E-state index contributed by atoms with van der Waals surface area (Å²) in [6, 6.07) is 15.9. The normalized spacial score (nSPS) is 24.5. The van der Waals surface area contributed by atoms with Crippen molar-refractivity contribution < 1.29 is 21.6 Å². The molecule has 0 aromatic heterocycles. The number of sulfone groups is 1. The van der Waals surface area contributed by atoms with Crippen LogP contribution in [0, 0.1) is 5.92 Å². The van der Waals surface area contributed by atoms with Crippen molar-refractivity contribution in [3.63, 3.8) is 0 Å². The molecule has 0 radical (unpaired) electrons. The van der Waals surface area contributed by atoms with Crippen molar-refractivity contribution in [2.75, 3.05) is 37.7 Å². The predicted octanol–water partition coefficient (Wildman–Crippen LogP) is 1.76. The first kappa shape index (κ1) is 24.8. The molecule has 2 saturated heterocycles. The summed E-state index contributed by atoms with van der Waals surface area (Å²) in [6.07, 6.45) is 0.512. The molecule has 1 amide bonds. The fourth-order valence-electron chi connectivity index (χ4n) is 4.70. The molecule has 2 heterocycles. The van der Waals surface area contributed by atoms with Crippen LogP contribution in [0.15, 0.2) is 59.5 Å². The number of carbonyl (C=O) groups excluding carboxylic acids is 1. The van der Waals surface area contributed by atoms with Gasteiger partial charge in [-0.3, -0.25) is 4.79 Å². The number of amides is 1. The molecule has 4 rings (SSSR count). The highest BCUT2D eigenvalue weighted by Crippen LogP contribution is 2.34. The van der Waals surface area contributed by atoms with Gasteiger partial charge in [-0.15, -0.1) is 0 Å². The number of carbonyl (C=O) groups is 1. The van der Waals surface area contributed by atoms with Gasteiger partial charge in [-0.2, -0.15) is 4.31 Å². The van der Waals surface area contributed by atoms with Crippen molar-refractivity contribution in [2.45, 2.75) is 30.2 Å². The van der Waals surface area contributed by atoms with Gasteiger partial charge in [0.2, 0.25) is 15.9 Å². The predicted molar refractivity (Wildman–Crippen MR) is 130 cm³/mol. The first-order chi connectivity index (χ1) is 16.1. The maximum absolute atomic E-state index is 13.6. The van der Waals surface area contributed by atoms with Crippen LogP contribution in [-0.2, 0) is 24.7 Å². The second-order valence-electron chi connectivity index (χ2n) is 9.20. The lowest BCUT2D eigenvalue weighted by atomic mass is 9.85. The maximum atomic E-state index is 13.6. The molecule has 184 valence electrons. The van der Waals surface area contributed by atoms with Crippen molar-refractivity contribution in [2.24, 2.45) is 11.7 Å². The fraction of sp³-hybridized carbons (Fsp3) is 0.458. The zero-order valence-corrected chi connectivity index (χ0v) is 20.8. The summed E-state index contributed by atoms with van der Waals surface area (Å²) in [7, 11) is -6.99. The van der Waals surface area contributed by atoms with E-state index < -0.39 is 25.8 Å². The standard InChI is InChI=1S/C24H31N3O5S2/c1-18(25)20-8-5-9-23(15-20)34(31,32)27-16-21(19-6-3-2-4-7-19)14-22(17-27)24(28)26-10-12-33(29,30)13-11-26/h2-9,15,18,21-22H,10-14,16-17,25H2,1H3/t18?,21-,22-/m1/s1. The van der Waals surface area contributed by atoms with E-state index >= 15 is 0 Å². The Kier molecular flexibility index (Phi) is 7.14. The highest BCUT2D eigenvalue weighted by atomic mass is 32.2. The largest absolute Gasteiger partial charge is 0.340 e. The Bertz CT molecular complexity index is 1230. The molecule has 1 unspecified atom stereocenters. The Hall–Kier alpha value is -2.27. The zero-order valence-electron chi connectivity index (χ0n) is 19.2. The van der Waals surface area contributed by atoms with Crippen LogP contribution in [0.4, 0.5) is 0 Å². The molecular formula is C24H31N3O5S2. The molecule has 0 spiro atoms. The Balaban J connectivity index is 1.64. The second kappa shape index (κ2) is 9.77. The van der Waals surface area contributed by atoms with Crippen molar-refractivity contribution in [3.05, 3.63) is 65.7 Å². The molecule has 3 atom stereocenters. The molecule has 0 saturated carbocycles. The smallest absolute Gasteiger partial charge is 0.243 e. The fourth-order valence-corrected chi connectivity index (χ4v) is 7.49.